The molecule has 0 aromatic heterocycles. The van der Waals surface area contributed by atoms with Crippen LogP contribution in [0.3, 0.4) is 0 Å². The third-order valence-corrected chi connectivity index (χ3v) is 4.80. The molecule has 0 fully saturated rings. The molecule has 4 atom stereocenters. The number of carbonyl (C=O) groups is 4. The van der Waals surface area contributed by atoms with Crippen LogP contribution in [0.25, 0.3) is 0 Å². The van der Waals surface area contributed by atoms with Gasteiger partial charge in [0, 0.05) is 12.3 Å². The van der Waals surface area contributed by atoms with E-state index in [9.17, 15) is 19.2 Å². The number of aliphatic carboxylic acids is 1. The van der Waals surface area contributed by atoms with Crippen molar-refractivity contribution in [3.8, 4) is 0 Å². The number of carboxylic acid groups (broad SMARTS) is 1. The van der Waals surface area contributed by atoms with Gasteiger partial charge in [-0.25, -0.2) is 4.79 Å². The van der Waals surface area contributed by atoms with Gasteiger partial charge in [0.1, 0.15) is 18.1 Å². The van der Waals surface area contributed by atoms with Crippen LogP contribution in [0.5, 0.6) is 0 Å². The van der Waals surface area contributed by atoms with Crippen molar-refractivity contribution in [3.05, 3.63) is 0 Å². The first-order valence-electron chi connectivity index (χ1n) is 10.3. The third-order valence-electron chi connectivity index (χ3n) is 4.43. The first kappa shape index (κ1) is 29.4. The van der Waals surface area contributed by atoms with Gasteiger partial charge in [-0.05, 0) is 45.6 Å². The van der Waals surface area contributed by atoms with Crippen molar-refractivity contribution in [2.24, 2.45) is 27.9 Å². The number of thiol groups is 1. The molecule has 32 heavy (non-hydrogen) atoms. The summed E-state index contributed by atoms with van der Waals surface area (Å²) in [6.45, 7) is 2.18. The van der Waals surface area contributed by atoms with E-state index < -0.39 is 47.9 Å². The second-order valence-electron chi connectivity index (χ2n) is 7.21. The summed E-state index contributed by atoms with van der Waals surface area (Å²) in [6, 6.07) is -4.04. The monoisotopic (exact) mass is 476 g/mol. The summed E-state index contributed by atoms with van der Waals surface area (Å²) in [5.74, 6) is -3.22. The van der Waals surface area contributed by atoms with Crippen molar-refractivity contribution >= 4 is 42.3 Å². The van der Waals surface area contributed by atoms with Gasteiger partial charge in [-0.2, -0.15) is 12.6 Å². The van der Waals surface area contributed by atoms with Crippen molar-refractivity contribution in [1.82, 2.24) is 16.0 Å². The smallest absolute Gasteiger partial charge is 0.327 e. The van der Waals surface area contributed by atoms with Gasteiger partial charge in [-0.15, -0.1) is 0 Å². The zero-order valence-electron chi connectivity index (χ0n) is 18.3. The minimum absolute atomic E-state index is 0.0533. The van der Waals surface area contributed by atoms with Gasteiger partial charge in [0.05, 0.1) is 6.04 Å². The Bertz CT molecular complexity index is 659. The van der Waals surface area contributed by atoms with Crippen LogP contribution in [0.15, 0.2) is 4.99 Å². The van der Waals surface area contributed by atoms with Crippen LogP contribution < -0.4 is 38.9 Å². The lowest BCUT2D eigenvalue weighted by Gasteiger charge is -2.23. The average molecular weight is 477 g/mol. The molecule has 0 saturated carbocycles. The molecule has 13 nitrogen and oxygen atoms in total. The first-order valence-corrected chi connectivity index (χ1v) is 10.9. The molecule has 14 heteroatoms. The molecular weight excluding hydrogens is 440 g/mol. The van der Waals surface area contributed by atoms with Crippen LogP contribution in [-0.2, 0) is 19.2 Å². The predicted octanol–water partition coefficient (Wildman–Crippen LogP) is -3.01. The van der Waals surface area contributed by atoms with Crippen LogP contribution >= 0.6 is 12.6 Å². The molecule has 0 spiro atoms. The number of hydrogen-bond acceptors (Lipinski definition) is 8. The first-order chi connectivity index (χ1) is 15.0. The molecule has 3 amide bonds. The van der Waals surface area contributed by atoms with E-state index >= 15 is 0 Å². The summed E-state index contributed by atoms with van der Waals surface area (Å²) in [6.07, 6.45) is 2.19. The van der Waals surface area contributed by atoms with Crippen LogP contribution in [-0.4, -0.2) is 77.8 Å². The minimum atomic E-state index is -1.24. The molecule has 0 bridgehead atoms. The van der Waals surface area contributed by atoms with Gasteiger partial charge in [0.25, 0.3) is 0 Å². The minimum Gasteiger partial charge on any atom is -0.480 e. The highest BCUT2D eigenvalue weighted by molar-refractivity contribution is 7.80. The molecule has 184 valence electrons. The molecule has 0 aliphatic rings. The Labute approximate surface area is 192 Å². The van der Waals surface area contributed by atoms with Crippen molar-refractivity contribution in [1.29, 1.82) is 0 Å². The van der Waals surface area contributed by atoms with Crippen molar-refractivity contribution in [2.75, 3.05) is 18.8 Å². The summed E-state index contributed by atoms with van der Waals surface area (Å²) in [7, 11) is 0. The predicted molar refractivity (Wildman–Crippen MR) is 124 cm³/mol. The van der Waals surface area contributed by atoms with Crippen molar-refractivity contribution in [3.63, 3.8) is 0 Å². The van der Waals surface area contributed by atoms with Gasteiger partial charge in [-0.1, -0.05) is 0 Å². The number of unbranched alkanes of at least 4 members (excludes halogenated alkanes) is 1. The van der Waals surface area contributed by atoms with E-state index in [1.165, 1.54) is 6.92 Å². The number of nitrogens with zero attached hydrogens (tertiary/aromatic N) is 1. The highest BCUT2D eigenvalue weighted by Crippen LogP contribution is 2.04. The maximum atomic E-state index is 12.5. The number of aliphatic imine (C=N–C) groups is 1. The van der Waals surface area contributed by atoms with Crippen molar-refractivity contribution in [2.45, 2.75) is 63.2 Å². The molecule has 0 rings (SSSR count). The van der Waals surface area contributed by atoms with Crippen LogP contribution in [0.1, 0.15) is 39.0 Å². The summed E-state index contributed by atoms with van der Waals surface area (Å²) in [5.41, 5.74) is 21.7. The van der Waals surface area contributed by atoms with Crippen LogP contribution in [0.4, 0.5) is 0 Å². The Morgan fingerprint density at radius 3 is 2.09 bits per heavy atom. The Morgan fingerprint density at radius 2 is 1.56 bits per heavy atom. The fourth-order valence-corrected chi connectivity index (χ4v) is 2.80. The number of nitrogens with two attached hydrogens (primary N) is 4. The molecular formula is C18H36N8O5S. The van der Waals surface area contributed by atoms with Gasteiger partial charge in [0.15, 0.2) is 5.96 Å². The van der Waals surface area contributed by atoms with E-state index in [0.717, 1.165) is 0 Å². The lowest BCUT2D eigenvalue weighted by atomic mass is 10.1. The number of hydrogen-bond donors (Lipinski definition) is 9. The Balaban J connectivity index is 4.88. The van der Waals surface area contributed by atoms with E-state index in [0.29, 0.717) is 38.8 Å². The zero-order chi connectivity index (χ0) is 24.7. The lowest BCUT2D eigenvalue weighted by Crippen LogP contribution is -2.56. The third kappa shape index (κ3) is 12.3. The topological polar surface area (TPSA) is 241 Å². The zero-order valence-corrected chi connectivity index (χ0v) is 19.1. The number of amides is 3. The number of nitrogens with one attached hydrogen (secondary N) is 3. The molecule has 0 aromatic carbocycles. The van der Waals surface area contributed by atoms with E-state index in [-0.39, 0.29) is 18.1 Å². The fraction of sp³-hybridized carbons (Fsp3) is 0.722. The van der Waals surface area contributed by atoms with E-state index in [1.54, 1.807) is 0 Å². The summed E-state index contributed by atoms with van der Waals surface area (Å²) < 4.78 is 0. The van der Waals surface area contributed by atoms with Crippen molar-refractivity contribution < 1.29 is 24.3 Å². The number of carbonyl (C=O) groups excluding carboxylic acids is 3. The molecule has 4 unspecified atom stereocenters. The highest BCUT2D eigenvalue weighted by atomic mass is 32.1. The van der Waals surface area contributed by atoms with Gasteiger partial charge in [-0.3, -0.25) is 19.4 Å². The largest absolute Gasteiger partial charge is 0.480 e. The second kappa shape index (κ2) is 16.1. The maximum absolute atomic E-state index is 12.5. The summed E-state index contributed by atoms with van der Waals surface area (Å²) >= 11 is 3.91. The number of carboxylic acids is 1. The molecule has 0 aromatic rings. The molecule has 0 aliphatic carbocycles. The van der Waals surface area contributed by atoms with Crippen LogP contribution in [0.2, 0.25) is 0 Å². The van der Waals surface area contributed by atoms with E-state index in [1.807, 2.05) is 0 Å². The van der Waals surface area contributed by atoms with Crippen LogP contribution in [0, 0.1) is 0 Å². The molecule has 0 radical (unpaired) electrons. The Kier molecular flexibility index (Phi) is 14.8. The normalized spacial score (nSPS) is 14.4. The number of guanidine groups is 1. The Hall–Kier alpha value is -2.58. The standard InChI is InChI=1S/C18H36N8O5S/c1-10(24-15(28)11(20)5-4-8-23-18(21)22)14(27)25-12(6-2-3-7-19)16(29)26-13(9-32)17(30)31/h10-13,32H,2-9,19-20H2,1H3,(H,24,28)(H,25,27)(H,26,29)(H,30,31)(H4,21,22,23). The molecule has 12 N–H and O–H groups in total. The second-order valence-corrected chi connectivity index (χ2v) is 7.58. The number of rotatable bonds is 16. The summed E-state index contributed by atoms with van der Waals surface area (Å²) in [4.78, 5) is 52.2. The molecule has 0 saturated heterocycles. The van der Waals surface area contributed by atoms with E-state index in [4.69, 9.17) is 28.0 Å². The molecule has 0 aliphatic heterocycles. The molecule has 0 heterocycles. The quantitative estimate of drug-likeness (QED) is 0.0476. The van der Waals surface area contributed by atoms with E-state index in [2.05, 4.69) is 33.6 Å². The van der Waals surface area contributed by atoms with Gasteiger partial charge >= 0.3 is 5.97 Å². The Morgan fingerprint density at radius 1 is 0.938 bits per heavy atom. The lowest BCUT2D eigenvalue weighted by molar-refractivity contribution is -0.141. The fourth-order valence-electron chi connectivity index (χ4n) is 2.55. The average Bonchev–Trinajstić information content (AvgIpc) is 2.73. The SMILES string of the molecule is CC(NC(=O)C(N)CCCN=C(N)N)C(=O)NC(CCCCN)C(=O)NC(CS)C(=O)O. The summed E-state index contributed by atoms with van der Waals surface area (Å²) in [5, 5.41) is 16.5. The maximum Gasteiger partial charge on any atom is 0.327 e. The van der Waals surface area contributed by atoms with Gasteiger partial charge < -0.3 is 44.0 Å². The van der Waals surface area contributed by atoms with Gasteiger partial charge in [0.2, 0.25) is 17.7 Å². The highest BCUT2D eigenvalue weighted by Gasteiger charge is 2.28.